The first kappa shape index (κ1) is 21.6. The van der Waals surface area contributed by atoms with Gasteiger partial charge in [0, 0.05) is 44.0 Å². The number of carbonyl (C=O) groups is 1. The molecule has 2 aromatic rings. The highest BCUT2D eigenvalue weighted by atomic mass is 16.5. The maximum Gasteiger partial charge on any atom is 0.227 e. The molecule has 7 nitrogen and oxygen atoms in total. The molecule has 0 bridgehead atoms. The van der Waals surface area contributed by atoms with Crippen LogP contribution in [0.1, 0.15) is 44.7 Å². The number of ether oxygens (including phenoxy) is 1. The SMILES string of the molecule is CCNC(=NCc1ccc(OC(C)C)nc1)NCc1ccc(N2CCCC2=O)cc1. The molecule has 2 heterocycles. The molecular weight excluding hydrogens is 378 g/mol. The zero-order valence-corrected chi connectivity index (χ0v) is 18.0. The van der Waals surface area contributed by atoms with E-state index in [4.69, 9.17) is 4.74 Å². The van der Waals surface area contributed by atoms with Gasteiger partial charge >= 0.3 is 0 Å². The van der Waals surface area contributed by atoms with Gasteiger partial charge < -0.3 is 20.3 Å². The van der Waals surface area contributed by atoms with Gasteiger partial charge in [0.05, 0.1) is 12.6 Å². The third kappa shape index (κ3) is 6.20. The lowest BCUT2D eigenvalue weighted by Crippen LogP contribution is -2.36. The summed E-state index contributed by atoms with van der Waals surface area (Å²) < 4.78 is 5.57. The van der Waals surface area contributed by atoms with E-state index in [9.17, 15) is 4.79 Å². The molecule has 0 radical (unpaired) electrons. The monoisotopic (exact) mass is 409 g/mol. The molecule has 1 aliphatic rings. The quantitative estimate of drug-likeness (QED) is 0.517. The highest BCUT2D eigenvalue weighted by molar-refractivity contribution is 5.95. The van der Waals surface area contributed by atoms with Crippen LogP contribution in [0.3, 0.4) is 0 Å². The van der Waals surface area contributed by atoms with Gasteiger partial charge in [-0.05, 0) is 50.5 Å². The molecule has 1 aliphatic heterocycles. The number of carbonyl (C=O) groups excluding carboxylic acids is 1. The van der Waals surface area contributed by atoms with Crippen LogP contribution in [0.2, 0.25) is 0 Å². The topological polar surface area (TPSA) is 78.9 Å². The van der Waals surface area contributed by atoms with Gasteiger partial charge in [-0.25, -0.2) is 9.98 Å². The summed E-state index contributed by atoms with van der Waals surface area (Å²) in [7, 11) is 0. The number of aromatic nitrogens is 1. The second-order valence-corrected chi connectivity index (χ2v) is 7.54. The van der Waals surface area contributed by atoms with Crippen molar-refractivity contribution in [3.63, 3.8) is 0 Å². The minimum Gasteiger partial charge on any atom is -0.475 e. The summed E-state index contributed by atoms with van der Waals surface area (Å²) in [6.45, 7) is 8.77. The van der Waals surface area contributed by atoms with Crippen molar-refractivity contribution in [2.24, 2.45) is 4.99 Å². The van der Waals surface area contributed by atoms with E-state index in [2.05, 4.69) is 32.7 Å². The lowest BCUT2D eigenvalue weighted by Gasteiger charge is -2.16. The molecule has 0 aliphatic carbocycles. The number of anilines is 1. The van der Waals surface area contributed by atoms with Gasteiger partial charge in [-0.3, -0.25) is 4.79 Å². The van der Waals surface area contributed by atoms with Crippen LogP contribution in [0, 0.1) is 0 Å². The first-order valence-electron chi connectivity index (χ1n) is 10.6. The molecule has 1 fully saturated rings. The Balaban J connectivity index is 1.55. The van der Waals surface area contributed by atoms with Crippen LogP contribution in [-0.4, -0.2) is 36.0 Å². The van der Waals surface area contributed by atoms with Crippen molar-refractivity contribution in [3.05, 3.63) is 53.7 Å². The predicted molar refractivity (Wildman–Crippen MR) is 120 cm³/mol. The van der Waals surface area contributed by atoms with Gasteiger partial charge in [-0.1, -0.05) is 18.2 Å². The average molecular weight is 410 g/mol. The maximum absolute atomic E-state index is 11.9. The third-order valence-corrected chi connectivity index (χ3v) is 4.70. The summed E-state index contributed by atoms with van der Waals surface area (Å²) in [6, 6.07) is 12.0. The molecule has 30 heavy (non-hydrogen) atoms. The summed E-state index contributed by atoms with van der Waals surface area (Å²) >= 11 is 0. The fourth-order valence-electron chi connectivity index (χ4n) is 3.23. The van der Waals surface area contributed by atoms with Crippen molar-refractivity contribution in [1.82, 2.24) is 15.6 Å². The second-order valence-electron chi connectivity index (χ2n) is 7.54. The zero-order valence-electron chi connectivity index (χ0n) is 18.0. The molecule has 0 unspecified atom stereocenters. The van der Waals surface area contributed by atoms with E-state index in [1.54, 1.807) is 6.20 Å². The third-order valence-electron chi connectivity index (χ3n) is 4.70. The van der Waals surface area contributed by atoms with Crippen LogP contribution >= 0.6 is 0 Å². The van der Waals surface area contributed by atoms with E-state index in [1.807, 2.05) is 49.9 Å². The van der Waals surface area contributed by atoms with E-state index < -0.39 is 0 Å². The van der Waals surface area contributed by atoms with Crippen LogP contribution in [0.15, 0.2) is 47.6 Å². The molecule has 1 saturated heterocycles. The molecule has 0 atom stereocenters. The van der Waals surface area contributed by atoms with E-state index in [1.165, 1.54) is 0 Å². The largest absolute Gasteiger partial charge is 0.475 e. The van der Waals surface area contributed by atoms with Crippen molar-refractivity contribution >= 4 is 17.6 Å². The molecule has 7 heteroatoms. The number of guanidine groups is 1. The number of hydrogen-bond acceptors (Lipinski definition) is 4. The van der Waals surface area contributed by atoms with Crippen LogP contribution in [0.5, 0.6) is 5.88 Å². The van der Waals surface area contributed by atoms with Gasteiger partial charge in [-0.15, -0.1) is 0 Å². The standard InChI is InChI=1S/C23H31N5O2/c1-4-24-23(27-16-19-9-12-21(25-15-19)30-17(2)3)26-14-18-7-10-20(11-8-18)28-13-5-6-22(28)29/h7-12,15,17H,4-6,13-14,16H2,1-3H3,(H2,24,26,27). The molecular formula is C23H31N5O2. The zero-order chi connectivity index (χ0) is 21.3. The van der Waals surface area contributed by atoms with Gasteiger partial charge in [0.2, 0.25) is 11.8 Å². The van der Waals surface area contributed by atoms with E-state index >= 15 is 0 Å². The Morgan fingerprint density at radius 2 is 1.93 bits per heavy atom. The first-order valence-corrected chi connectivity index (χ1v) is 10.6. The number of rotatable bonds is 8. The molecule has 3 rings (SSSR count). The predicted octanol–water partition coefficient (Wildman–Crippen LogP) is 3.25. The van der Waals surface area contributed by atoms with Crippen LogP contribution < -0.4 is 20.3 Å². The Hall–Kier alpha value is -3.09. The number of nitrogens with one attached hydrogen (secondary N) is 2. The molecule has 0 saturated carbocycles. The highest BCUT2D eigenvalue weighted by Crippen LogP contribution is 2.21. The van der Waals surface area contributed by atoms with E-state index in [0.717, 1.165) is 42.3 Å². The number of pyridine rings is 1. The Bertz CT molecular complexity index is 847. The maximum atomic E-state index is 11.9. The number of hydrogen-bond donors (Lipinski definition) is 2. The fourth-order valence-corrected chi connectivity index (χ4v) is 3.23. The van der Waals surface area contributed by atoms with Crippen LogP contribution in [-0.2, 0) is 17.9 Å². The average Bonchev–Trinajstić information content (AvgIpc) is 3.17. The molecule has 160 valence electrons. The van der Waals surface area contributed by atoms with Crippen LogP contribution in [0.4, 0.5) is 5.69 Å². The van der Waals surface area contributed by atoms with E-state index in [-0.39, 0.29) is 12.0 Å². The normalized spacial score (nSPS) is 14.3. The number of aliphatic imine (C=N–C) groups is 1. The molecule has 1 aromatic heterocycles. The molecule has 1 aromatic carbocycles. The van der Waals surface area contributed by atoms with Crippen molar-refractivity contribution in [1.29, 1.82) is 0 Å². The van der Waals surface area contributed by atoms with Gasteiger partial charge in [0.1, 0.15) is 0 Å². The van der Waals surface area contributed by atoms with Crippen molar-refractivity contribution < 1.29 is 9.53 Å². The number of nitrogens with zero attached hydrogens (tertiary/aromatic N) is 3. The Morgan fingerprint density at radius 3 is 2.53 bits per heavy atom. The van der Waals surface area contributed by atoms with Gasteiger partial charge in [0.25, 0.3) is 0 Å². The van der Waals surface area contributed by atoms with Crippen LogP contribution in [0.25, 0.3) is 0 Å². The fraction of sp³-hybridized carbons (Fsp3) is 0.435. The summed E-state index contributed by atoms with van der Waals surface area (Å²) in [5, 5.41) is 6.62. The smallest absolute Gasteiger partial charge is 0.227 e. The minimum atomic E-state index is 0.107. The van der Waals surface area contributed by atoms with E-state index in [0.29, 0.717) is 25.4 Å². The molecule has 0 spiro atoms. The Morgan fingerprint density at radius 1 is 1.17 bits per heavy atom. The Kier molecular flexibility index (Phi) is 7.65. The lowest BCUT2D eigenvalue weighted by atomic mass is 10.2. The second kappa shape index (κ2) is 10.6. The van der Waals surface area contributed by atoms with Crippen molar-refractivity contribution in [2.75, 3.05) is 18.0 Å². The van der Waals surface area contributed by atoms with Gasteiger partial charge in [0.15, 0.2) is 5.96 Å². The lowest BCUT2D eigenvalue weighted by molar-refractivity contribution is -0.117. The van der Waals surface area contributed by atoms with Crippen molar-refractivity contribution in [3.8, 4) is 5.88 Å². The summed E-state index contributed by atoms with van der Waals surface area (Å²) in [4.78, 5) is 22.7. The summed E-state index contributed by atoms with van der Waals surface area (Å²) in [5.74, 6) is 1.58. The molecule has 2 N–H and O–H groups in total. The summed E-state index contributed by atoms with van der Waals surface area (Å²) in [6.07, 6.45) is 3.49. The summed E-state index contributed by atoms with van der Waals surface area (Å²) in [5.41, 5.74) is 3.12. The molecule has 1 amide bonds. The Labute approximate surface area is 178 Å². The number of amides is 1. The first-order chi connectivity index (χ1) is 14.5. The number of benzene rings is 1. The minimum absolute atomic E-state index is 0.107. The van der Waals surface area contributed by atoms with Gasteiger partial charge in [-0.2, -0.15) is 0 Å². The highest BCUT2D eigenvalue weighted by Gasteiger charge is 2.21. The van der Waals surface area contributed by atoms with Crippen molar-refractivity contribution in [2.45, 2.75) is 52.8 Å².